The highest BCUT2D eigenvalue weighted by Gasteiger charge is 2.50. The fraction of sp³-hybridized carbons (Fsp3) is 1.00. The highest BCUT2D eigenvalue weighted by atomic mass is 16.5. The largest absolute Gasteiger partial charge is 0.392 e. The molecule has 0 aromatic heterocycles. The van der Waals surface area contributed by atoms with Gasteiger partial charge in [0.05, 0.1) is 31.5 Å². The third kappa shape index (κ3) is 1.28. The predicted octanol–water partition coefficient (Wildman–Crippen LogP) is -2.29. The molecule has 0 aromatic rings. The standard InChI is InChI=1S/C8H14O5/c9-5-3-1-13-2-4(5)7(11)8(12)6(3)10/h3-12H,1-2H2/t3-,4+,5?,6-,7-,8?/m1/s1. The van der Waals surface area contributed by atoms with Crippen LogP contribution in [-0.4, -0.2) is 58.1 Å². The molecular formula is C8H14O5. The molecule has 6 atom stereocenters. The SMILES string of the molecule is OC1[C@H](O)[C@@H]2COC[C@@H](C2O)[C@H]1O. The molecule has 2 bridgehead atoms. The zero-order valence-corrected chi connectivity index (χ0v) is 7.08. The van der Waals surface area contributed by atoms with Gasteiger partial charge in [0.2, 0.25) is 0 Å². The van der Waals surface area contributed by atoms with Crippen molar-refractivity contribution >= 4 is 0 Å². The Bertz CT molecular complexity index is 171. The molecule has 1 saturated heterocycles. The fourth-order valence-electron chi connectivity index (χ4n) is 2.16. The van der Waals surface area contributed by atoms with Crippen molar-refractivity contribution < 1.29 is 25.2 Å². The van der Waals surface area contributed by atoms with Crippen molar-refractivity contribution in [3.05, 3.63) is 0 Å². The third-order valence-electron chi connectivity index (χ3n) is 3.08. The van der Waals surface area contributed by atoms with E-state index in [1.54, 1.807) is 0 Å². The van der Waals surface area contributed by atoms with Crippen molar-refractivity contribution in [2.75, 3.05) is 13.2 Å². The molecule has 2 unspecified atom stereocenters. The second kappa shape index (κ2) is 3.18. The van der Waals surface area contributed by atoms with Crippen molar-refractivity contribution in [1.29, 1.82) is 0 Å². The van der Waals surface area contributed by atoms with Gasteiger partial charge < -0.3 is 25.2 Å². The lowest BCUT2D eigenvalue weighted by Crippen LogP contribution is -2.62. The molecule has 2 rings (SSSR count). The van der Waals surface area contributed by atoms with Gasteiger partial charge >= 0.3 is 0 Å². The number of ether oxygens (including phenoxy) is 1. The first-order valence-corrected chi connectivity index (χ1v) is 4.43. The summed E-state index contributed by atoms with van der Waals surface area (Å²) >= 11 is 0. The molecule has 1 aliphatic heterocycles. The zero-order valence-electron chi connectivity index (χ0n) is 7.08. The lowest BCUT2D eigenvalue weighted by molar-refractivity contribution is -0.228. The Hall–Kier alpha value is -0.200. The van der Waals surface area contributed by atoms with Crippen molar-refractivity contribution in [3.63, 3.8) is 0 Å². The predicted molar refractivity (Wildman–Crippen MR) is 41.8 cm³/mol. The van der Waals surface area contributed by atoms with Crippen molar-refractivity contribution in [2.24, 2.45) is 11.8 Å². The summed E-state index contributed by atoms with van der Waals surface area (Å²) in [4.78, 5) is 0. The first-order valence-electron chi connectivity index (χ1n) is 4.43. The summed E-state index contributed by atoms with van der Waals surface area (Å²) in [5, 5.41) is 38.0. The molecule has 76 valence electrons. The van der Waals surface area contributed by atoms with E-state index in [4.69, 9.17) is 4.74 Å². The summed E-state index contributed by atoms with van der Waals surface area (Å²) in [7, 11) is 0. The van der Waals surface area contributed by atoms with Crippen LogP contribution in [0.1, 0.15) is 0 Å². The highest BCUT2D eigenvalue weighted by molar-refractivity contribution is 4.99. The second-order valence-corrected chi connectivity index (χ2v) is 3.83. The summed E-state index contributed by atoms with van der Waals surface area (Å²) in [6.45, 7) is 0.477. The molecule has 1 heterocycles. The molecule has 2 aliphatic rings. The minimum atomic E-state index is -1.16. The maximum atomic E-state index is 9.64. The van der Waals surface area contributed by atoms with Crippen LogP contribution in [-0.2, 0) is 4.74 Å². The quantitative estimate of drug-likeness (QED) is 0.345. The molecule has 5 heteroatoms. The lowest BCUT2D eigenvalue weighted by atomic mass is 9.72. The average molecular weight is 190 g/mol. The Balaban J connectivity index is 2.21. The van der Waals surface area contributed by atoms with Gasteiger partial charge in [-0.1, -0.05) is 0 Å². The van der Waals surface area contributed by atoms with Crippen LogP contribution in [0.4, 0.5) is 0 Å². The Morgan fingerprint density at radius 2 is 1.15 bits per heavy atom. The molecule has 0 radical (unpaired) electrons. The van der Waals surface area contributed by atoms with Gasteiger partial charge in [-0.3, -0.25) is 0 Å². The minimum absolute atomic E-state index is 0.239. The molecule has 13 heavy (non-hydrogen) atoms. The van der Waals surface area contributed by atoms with E-state index in [1.165, 1.54) is 0 Å². The monoisotopic (exact) mass is 190 g/mol. The molecule has 0 amide bonds. The van der Waals surface area contributed by atoms with E-state index in [0.29, 0.717) is 0 Å². The molecule has 4 N–H and O–H groups in total. The van der Waals surface area contributed by atoms with Crippen LogP contribution in [0, 0.1) is 11.8 Å². The minimum Gasteiger partial charge on any atom is -0.392 e. The van der Waals surface area contributed by atoms with Crippen LogP contribution >= 0.6 is 0 Å². The van der Waals surface area contributed by atoms with Crippen LogP contribution in [0.3, 0.4) is 0 Å². The van der Waals surface area contributed by atoms with Crippen LogP contribution in [0.15, 0.2) is 0 Å². The van der Waals surface area contributed by atoms with Crippen LogP contribution < -0.4 is 0 Å². The third-order valence-corrected chi connectivity index (χ3v) is 3.08. The van der Waals surface area contributed by atoms with E-state index in [9.17, 15) is 20.4 Å². The van der Waals surface area contributed by atoms with Gasteiger partial charge in [-0.25, -0.2) is 0 Å². The number of hydrogen-bond donors (Lipinski definition) is 4. The van der Waals surface area contributed by atoms with Gasteiger partial charge in [0.25, 0.3) is 0 Å². The Morgan fingerprint density at radius 1 is 0.692 bits per heavy atom. The first-order chi connectivity index (χ1) is 6.13. The Kier molecular flexibility index (Phi) is 2.29. The molecule has 2 fully saturated rings. The van der Waals surface area contributed by atoms with E-state index in [1.807, 2.05) is 0 Å². The number of rotatable bonds is 0. The van der Waals surface area contributed by atoms with Crippen LogP contribution in [0.5, 0.6) is 0 Å². The summed E-state index contributed by atoms with van der Waals surface area (Å²) in [5.74, 6) is -0.950. The fourth-order valence-corrected chi connectivity index (χ4v) is 2.16. The molecule has 0 spiro atoms. The molecular weight excluding hydrogens is 176 g/mol. The average Bonchev–Trinajstić information content (AvgIpc) is 2.13. The first kappa shape index (κ1) is 9.36. The molecule has 5 nitrogen and oxygen atoms in total. The topological polar surface area (TPSA) is 90.2 Å². The van der Waals surface area contributed by atoms with Gasteiger partial charge in [0.1, 0.15) is 6.10 Å². The van der Waals surface area contributed by atoms with E-state index < -0.39 is 36.3 Å². The van der Waals surface area contributed by atoms with Crippen molar-refractivity contribution in [1.82, 2.24) is 0 Å². The van der Waals surface area contributed by atoms with E-state index >= 15 is 0 Å². The van der Waals surface area contributed by atoms with Crippen LogP contribution in [0.2, 0.25) is 0 Å². The van der Waals surface area contributed by atoms with E-state index in [0.717, 1.165) is 0 Å². The maximum Gasteiger partial charge on any atom is 0.107 e. The summed E-state index contributed by atoms with van der Waals surface area (Å²) in [6, 6.07) is 0. The maximum absolute atomic E-state index is 9.64. The highest BCUT2D eigenvalue weighted by Crippen LogP contribution is 2.34. The molecule has 1 aliphatic carbocycles. The number of aliphatic hydroxyl groups is 4. The number of aliphatic hydroxyl groups excluding tert-OH is 4. The van der Waals surface area contributed by atoms with Gasteiger partial charge in [0, 0.05) is 11.8 Å². The number of fused-ring (bicyclic) bond motifs is 2. The van der Waals surface area contributed by atoms with Gasteiger partial charge in [0.15, 0.2) is 0 Å². The summed E-state index contributed by atoms with van der Waals surface area (Å²) in [6.07, 6.45) is -4.13. The lowest BCUT2D eigenvalue weighted by Gasteiger charge is -2.47. The zero-order chi connectivity index (χ0) is 9.59. The molecule has 0 aromatic carbocycles. The second-order valence-electron chi connectivity index (χ2n) is 3.83. The number of hydrogen-bond acceptors (Lipinski definition) is 5. The normalized spacial score (nSPS) is 56.3. The van der Waals surface area contributed by atoms with Gasteiger partial charge in [-0.05, 0) is 0 Å². The van der Waals surface area contributed by atoms with Crippen molar-refractivity contribution in [3.8, 4) is 0 Å². The van der Waals surface area contributed by atoms with Gasteiger partial charge in [-0.2, -0.15) is 0 Å². The van der Waals surface area contributed by atoms with Crippen LogP contribution in [0.25, 0.3) is 0 Å². The Morgan fingerprint density at radius 3 is 1.62 bits per heavy atom. The molecule has 1 saturated carbocycles. The van der Waals surface area contributed by atoms with E-state index in [2.05, 4.69) is 0 Å². The summed E-state index contributed by atoms with van der Waals surface area (Å²) in [5.41, 5.74) is 0. The van der Waals surface area contributed by atoms with Crippen molar-refractivity contribution in [2.45, 2.75) is 24.4 Å². The Labute approximate surface area is 75.6 Å². The summed E-state index contributed by atoms with van der Waals surface area (Å²) < 4.78 is 5.10. The van der Waals surface area contributed by atoms with E-state index in [-0.39, 0.29) is 13.2 Å². The smallest absolute Gasteiger partial charge is 0.107 e. The van der Waals surface area contributed by atoms with Gasteiger partial charge in [-0.15, -0.1) is 0 Å².